The van der Waals surface area contributed by atoms with Crippen LogP contribution in [0.4, 0.5) is 15.8 Å². The number of benzene rings is 2. The third-order valence-corrected chi connectivity index (χ3v) is 4.99. The lowest BCUT2D eigenvalue weighted by Crippen LogP contribution is -2.34. The van der Waals surface area contributed by atoms with Gasteiger partial charge in [-0.25, -0.2) is 4.39 Å². The van der Waals surface area contributed by atoms with Crippen LogP contribution in [0.1, 0.15) is 16.6 Å². The monoisotopic (exact) mass is 356 g/mol. The number of ether oxygens (including phenoxy) is 1. The maximum atomic E-state index is 13.3. The molecule has 0 aliphatic carbocycles. The van der Waals surface area contributed by atoms with Gasteiger partial charge in [-0.3, -0.25) is 9.59 Å². The molecule has 2 N–H and O–H groups in total. The number of carbonyl (C=O) groups is 2. The minimum Gasteiger partial charge on any atom is -0.479 e. The number of hydrogen-bond acceptors (Lipinski definition) is 4. The second-order valence-electron chi connectivity index (χ2n) is 5.71. The SMILES string of the molecule is C[C@@H]1Oc2ccc(NC(=O)c3cc4cc(F)ccc4s3)cc2NC1=O. The third kappa shape index (κ3) is 2.94. The van der Waals surface area contributed by atoms with Gasteiger partial charge in [0.15, 0.2) is 6.10 Å². The van der Waals surface area contributed by atoms with Crippen molar-refractivity contribution < 1.29 is 18.7 Å². The van der Waals surface area contributed by atoms with Gasteiger partial charge >= 0.3 is 0 Å². The van der Waals surface area contributed by atoms with E-state index in [1.807, 2.05) is 0 Å². The fourth-order valence-corrected chi connectivity index (χ4v) is 3.54. The fourth-order valence-electron chi connectivity index (χ4n) is 2.61. The Bertz CT molecular complexity index is 1010. The van der Waals surface area contributed by atoms with E-state index in [2.05, 4.69) is 10.6 Å². The summed E-state index contributed by atoms with van der Waals surface area (Å²) in [6, 6.07) is 11.1. The standard InChI is InChI=1S/C18H13FN2O3S/c1-9-17(22)21-13-8-12(3-4-14(13)24-9)20-18(23)16-7-10-6-11(19)2-5-15(10)25-16/h2-9H,1H3,(H,20,23)(H,21,22)/t9-/m0/s1. The lowest BCUT2D eigenvalue weighted by molar-refractivity contribution is -0.122. The Kier molecular flexibility index (Phi) is 3.65. The molecule has 2 amide bonds. The third-order valence-electron chi connectivity index (χ3n) is 3.87. The molecular weight excluding hydrogens is 343 g/mol. The highest BCUT2D eigenvalue weighted by Crippen LogP contribution is 2.33. The number of carbonyl (C=O) groups excluding carboxylic acids is 2. The van der Waals surface area contributed by atoms with Gasteiger partial charge in [0.25, 0.3) is 11.8 Å². The lowest BCUT2D eigenvalue weighted by atomic mass is 10.2. The quantitative estimate of drug-likeness (QED) is 0.729. The molecule has 0 saturated carbocycles. The number of fused-ring (bicyclic) bond motifs is 2. The highest BCUT2D eigenvalue weighted by molar-refractivity contribution is 7.20. The van der Waals surface area contributed by atoms with Crippen LogP contribution in [0.25, 0.3) is 10.1 Å². The van der Waals surface area contributed by atoms with Gasteiger partial charge in [-0.1, -0.05) is 0 Å². The average molecular weight is 356 g/mol. The first-order chi connectivity index (χ1) is 12.0. The Morgan fingerprint density at radius 3 is 2.92 bits per heavy atom. The first-order valence-corrected chi connectivity index (χ1v) is 8.43. The van der Waals surface area contributed by atoms with E-state index in [0.29, 0.717) is 27.4 Å². The predicted octanol–water partition coefficient (Wildman–Crippen LogP) is 4.01. The molecule has 0 bridgehead atoms. The summed E-state index contributed by atoms with van der Waals surface area (Å²) >= 11 is 1.29. The fraction of sp³-hybridized carbons (Fsp3) is 0.111. The normalized spacial score (nSPS) is 16.1. The highest BCUT2D eigenvalue weighted by atomic mass is 32.1. The molecule has 5 nitrogen and oxygen atoms in total. The molecule has 1 atom stereocenters. The molecule has 0 spiro atoms. The van der Waals surface area contributed by atoms with E-state index in [9.17, 15) is 14.0 Å². The van der Waals surface area contributed by atoms with Crippen molar-refractivity contribution in [3.8, 4) is 5.75 Å². The van der Waals surface area contributed by atoms with Crippen molar-refractivity contribution in [2.45, 2.75) is 13.0 Å². The summed E-state index contributed by atoms with van der Waals surface area (Å²) in [7, 11) is 0. The number of hydrogen-bond donors (Lipinski definition) is 2. The van der Waals surface area contributed by atoms with E-state index < -0.39 is 6.10 Å². The Balaban J connectivity index is 1.58. The molecule has 25 heavy (non-hydrogen) atoms. The van der Waals surface area contributed by atoms with E-state index in [0.717, 1.165) is 4.70 Å². The molecule has 0 saturated heterocycles. The van der Waals surface area contributed by atoms with Gasteiger partial charge in [-0.15, -0.1) is 11.3 Å². The van der Waals surface area contributed by atoms with E-state index in [1.54, 1.807) is 37.3 Å². The largest absolute Gasteiger partial charge is 0.479 e. The van der Waals surface area contributed by atoms with Gasteiger partial charge in [-0.05, 0) is 54.8 Å². The summed E-state index contributed by atoms with van der Waals surface area (Å²) in [5, 5.41) is 6.21. The summed E-state index contributed by atoms with van der Waals surface area (Å²) < 4.78 is 19.6. The van der Waals surface area contributed by atoms with Gasteiger partial charge in [0.05, 0.1) is 10.6 Å². The van der Waals surface area contributed by atoms with Crippen LogP contribution in [0.5, 0.6) is 5.75 Å². The number of thiophene rings is 1. The summed E-state index contributed by atoms with van der Waals surface area (Å²) in [6.07, 6.45) is -0.549. The van der Waals surface area contributed by atoms with Crippen LogP contribution in [0.15, 0.2) is 42.5 Å². The molecule has 0 unspecified atom stereocenters. The molecule has 1 aromatic heterocycles. The van der Waals surface area contributed by atoms with Crippen LogP contribution in [-0.4, -0.2) is 17.9 Å². The maximum Gasteiger partial charge on any atom is 0.265 e. The summed E-state index contributed by atoms with van der Waals surface area (Å²) in [5.41, 5.74) is 1.05. The smallest absolute Gasteiger partial charge is 0.265 e. The van der Waals surface area contributed by atoms with Crippen molar-refractivity contribution in [1.82, 2.24) is 0 Å². The molecule has 1 aliphatic heterocycles. The van der Waals surface area contributed by atoms with E-state index in [-0.39, 0.29) is 17.6 Å². The number of anilines is 2. The van der Waals surface area contributed by atoms with Crippen LogP contribution >= 0.6 is 11.3 Å². The number of nitrogens with one attached hydrogen (secondary N) is 2. The van der Waals surface area contributed by atoms with Crippen molar-refractivity contribution >= 4 is 44.6 Å². The number of amides is 2. The molecule has 3 aromatic rings. The van der Waals surface area contributed by atoms with Crippen LogP contribution < -0.4 is 15.4 Å². The van der Waals surface area contributed by atoms with Gasteiger partial charge in [-0.2, -0.15) is 0 Å². The van der Waals surface area contributed by atoms with Crippen LogP contribution in [0.2, 0.25) is 0 Å². The van der Waals surface area contributed by atoms with Gasteiger partial charge in [0, 0.05) is 10.4 Å². The van der Waals surface area contributed by atoms with Crippen LogP contribution in [0.3, 0.4) is 0 Å². The Morgan fingerprint density at radius 2 is 2.08 bits per heavy atom. The molecule has 0 radical (unpaired) electrons. The van der Waals surface area contributed by atoms with Crippen molar-refractivity contribution in [3.63, 3.8) is 0 Å². The average Bonchev–Trinajstić information content (AvgIpc) is 2.99. The Hall–Kier alpha value is -2.93. The van der Waals surface area contributed by atoms with Crippen LogP contribution in [0, 0.1) is 5.82 Å². The topological polar surface area (TPSA) is 67.4 Å². The summed E-state index contributed by atoms with van der Waals surface area (Å²) in [4.78, 5) is 24.6. The van der Waals surface area contributed by atoms with Crippen LogP contribution in [-0.2, 0) is 4.79 Å². The van der Waals surface area contributed by atoms with E-state index >= 15 is 0 Å². The predicted molar refractivity (Wildman–Crippen MR) is 94.9 cm³/mol. The minimum absolute atomic E-state index is 0.234. The molecule has 7 heteroatoms. The first kappa shape index (κ1) is 15.6. The number of rotatable bonds is 2. The molecule has 1 aliphatic rings. The molecule has 4 rings (SSSR count). The molecule has 2 aromatic carbocycles. The van der Waals surface area contributed by atoms with Crippen molar-refractivity contribution in [3.05, 3.63) is 53.2 Å². The zero-order valence-corrected chi connectivity index (χ0v) is 13.9. The molecule has 0 fully saturated rings. The van der Waals surface area contributed by atoms with Gasteiger partial charge in [0.2, 0.25) is 0 Å². The van der Waals surface area contributed by atoms with Crippen molar-refractivity contribution in [1.29, 1.82) is 0 Å². The minimum atomic E-state index is -0.549. The highest BCUT2D eigenvalue weighted by Gasteiger charge is 2.23. The number of halogens is 1. The van der Waals surface area contributed by atoms with E-state index in [1.165, 1.54) is 23.5 Å². The zero-order valence-electron chi connectivity index (χ0n) is 13.1. The Morgan fingerprint density at radius 1 is 1.24 bits per heavy atom. The van der Waals surface area contributed by atoms with Crippen molar-refractivity contribution in [2.24, 2.45) is 0 Å². The van der Waals surface area contributed by atoms with Crippen molar-refractivity contribution in [2.75, 3.05) is 10.6 Å². The summed E-state index contributed by atoms with van der Waals surface area (Å²) in [5.74, 6) is -0.306. The van der Waals surface area contributed by atoms with Gasteiger partial charge < -0.3 is 15.4 Å². The zero-order chi connectivity index (χ0) is 17.6. The first-order valence-electron chi connectivity index (χ1n) is 7.61. The second kappa shape index (κ2) is 5.86. The van der Waals surface area contributed by atoms with Gasteiger partial charge in [0.1, 0.15) is 11.6 Å². The molecular formula is C18H13FN2O3S. The van der Waals surface area contributed by atoms with E-state index in [4.69, 9.17) is 4.74 Å². The second-order valence-corrected chi connectivity index (χ2v) is 6.79. The molecule has 2 heterocycles. The maximum absolute atomic E-state index is 13.3. The lowest BCUT2D eigenvalue weighted by Gasteiger charge is -2.23. The Labute approximate surface area is 146 Å². The molecule has 126 valence electrons. The summed E-state index contributed by atoms with van der Waals surface area (Å²) in [6.45, 7) is 1.66.